The molecule has 0 amide bonds. The summed E-state index contributed by atoms with van der Waals surface area (Å²) in [6, 6.07) is 11.0. The number of fused-ring (bicyclic) bond motifs is 1. The van der Waals surface area contributed by atoms with Crippen LogP contribution in [0.1, 0.15) is 18.4 Å². The van der Waals surface area contributed by atoms with E-state index in [1.165, 1.54) is 25.9 Å². The zero-order valence-electron chi connectivity index (χ0n) is 7.79. The molecule has 1 N–H and O–H groups in total. The summed E-state index contributed by atoms with van der Waals surface area (Å²) in [5.41, 5.74) is 2.15. The molecule has 0 bridgehead atoms. The number of rotatable bonds is 1. The molecule has 68 valence electrons. The summed E-state index contributed by atoms with van der Waals surface area (Å²) in [5, 5.41) is 3.47. The molecular weight excluding hydrogens is 158 g/mol. The number of hydrogen-bond acceptors (Lipinski definition) is 1. The molecule has 1 heteroatoms. The maximum atomic E-state index is 3.47. The molecule has 2 fully saturated rings. The van der Waals surface area contributed by atoms with Crippen molar-refractivity contribution in [2.75, 3.05) is 13.1 Å². The maximum Gasteiger partial charge on any atom is 0.000912 e. The van der Waals surface area contributed by atoms with Gasteiger partial charge in [-0.25, -0.2) is 0 Å². The Kier molecular flexibility index (Phi) is 1.50. The highest BCUT2D eigenvalue weighted by Gasteiger charge is 2.55. The van der Waals surface area contributed by atoms with Crippen molar-refractivity contribution in [1.82, 2.24) is 5.32 Å². The van der Waals surface area contributed by atoms with Crippen molar-refractivity contribution >= 4 is 0 Å². The van der Waals surface area contributed by atoms with E-state index in [-0.39, 0.29) is 0 Å². The Hall–Kier alpha value is -0.820. The molecule has 1 nitrogen and oxygen atoms in total. The molecule has 0 unspecified atom stereocenters. The van der Waals surface area contributed by atoms with Crippen LogP contribution >= 0.6 is 0 Å². The smallest absolute Gasteiger partial charge is 0.000912 e. The van der Waals surface area contributed by atoms with Gasteiger partial charge in [0.15, 0.2) is 0 Å². The zero-order chi connectivity index (χ0) is 8.73. The van der Waals surface area contributed by atoms with E-state index in [1.54, 1.807) is 5.56 Å². The van der Waals surface area contributed by atoms with Gasteiger partial charge in [0.1, 0.15) is 0 Å². The highest BCUT2D eigenvalue weighted by atomic mass is 14.9. The average Bonchev–Trinajstić information content (AvgIpc) is 2.94. The van der Waals surface area contributed by atoms with E-state index in [0.717, 1.165) is 5.92 Å². The first-order chi connectivity index (χ1) is 6.42. The molecule has 2 aliphatic rings. The predicted molar refractivity (Wildman–Crippen MR) is 53.7 cm³/mol. The van der Waals surface area contributed by atoms with Crippen LogP contribution in [-0.4, -0.2) is 13.1 Å². The summed E-state index contributed by atoms with van der Waals surface area (Å²) < 4.78 is 0. The lowest BCUT2D eigenvalue weighted by Crippen LogP contribution is -2.31. The van der Waals surface area contributed by atoms with Gasteiger partial charge in [-0.3, -0.25) is 0 Å². The highest BCUT2D eigenvalue weighted by Crippen LogP contribution is 2.57. The number of hydrogen-bond donors (Lipinski definition) is 1. The zero-order valence-corrected chi connectivity index (χ0v) is 7.79. The molecule has 1 saturated carbocycles. The molecule has 1 aromatic carbocycles. The topological polar surface area (TPSA) is 12.0 Å². The first-order valence-corrected chi connectivity index (χ1v) is 5.18. The fraction of sp³-hybridized carbons (Fsp3) is 0.500. The molecule has 1 heterocycles. The summed E-state index contributed by atoms with van der Waals surface area (Å²) in [5.74, 6) is 0.920. The predicted octanol–water partition coefficient (Wildman–Crippen LogP) is 1.94. The maximum absolute atomic E-state index is 3.47. The Labute approximate surface area is 79.2 Å². The molecule has 0 radical (unpaired) electrons. The first-order valence-electron chi connectivity index (χ1n) is 5.18. The lowest BCUT2D eigenvalue weighted by molar-refractivity contribution is 0.445. The average molecular weight is 173 g/mol. The van der Waals surface area contributed by atoms with Crippen LogP contribution < -0.4 is 5.32 Å². The lowest BCUT2D eigenvalue weighted by atomic mass is 9.88. The van der Waals surface area contributed by atoms with Crippen molar-refractivity contribution in [3.8, 4) is 0 Å². The van der Waals surface area contributed by atoms with E-state index in [0.29, 0.717) is 5.41 Å². The SMILES string of the molecule is c1ccc([C@]23CCNC[C@H]2C3)cc1. The van der Waals surface area contributed by atoms with Gasteiger partial charge >= 0.3 is 0 Å². The Balaban J connectivity index is 1.94. The van der Waals surface area contributed by atoms with E-state index in [2.05, 4.69) is 35.6 Å². The van der Waals surface area contributed by atoms with Gasteiger partial charge in [-0.15, -0.1) is 0 Å². The molecule has 1 aliphatic heterocycles. The minimum Gasteiger partial charge on any atom is -0.316 e. The fourth-order valence-electron chi connectivity index (χ4n) is 2.81. The standard InChI is InChI=1S/C12H15N/c1-2-4-10(5-3-1)12-6-7-13-9-11(12)8-12/h1-5,11,13H,6-9H2/t11-,12-/m1/s1. The van der Waals surface area contributed by atoms with Gasteiger partial charge in [-0.2, -0.15) is 0 Å². The van der Waals surface area contributed by atoms with Gasteiger partial charge < -0.3 is 5.32 Å². The van der Waals surface area contributed by atoms with Crippen molar-refractivity contribution in [2.45, 2.75) is 18.3 Å². The monoisotopic (exact) mass is 173 g/mol. The Bertz CT molecular complexity index is 306. The molecule has 1 saturated heterocycles. The van der Waals surface area contributed by atoms with Gasteiger partial charge in [0, 0.05) is 5.41 Å². The van der Waals surface area contributed by atoms with Crippen LogP contribution in [0, 0.1) is 5.92 Å². The molecule has 1 aromatic rings. The van der Waals surface area contributed by atoms with Crippen molar-refractivity contribution in [3.63, 3.8) is 0 Å². The Morgan fingerprint density at radius 1 is 1.23 bits per heavy atom. The third-order valence-electron chi connectivity index (χ3n) is 3.72. The summed E-state index contributed by atoms with van der Waals surface area (Å²) in [6.45, 7) is 2.43. The van der Waals surface area contributed by atoms with Crippen LogP contribution in [0.25, 0.3) is 0 Å². The number of nitrogens with one attached hydrogen (secondary N) is 1. The third kappa shape index (κ3) is 1.03. The van der Waals surface area contributed by atoms with Crippen molar-refractivity contribution in [1.29, 1.82) is 0 Å². The van der Waals surface area contributed by atoms with E-state index in [9.17, 15) is 0 Å². The van der Waals surface area contributed by atoms with Crippen molar-refractivity contribution in [3.05, 3.63) is 35.9 Å². The van der Waals surface area contributed by atoms with Crippen LogP contribution in [0.5, 0.6) is 0 Å². The number of benzene rings is 1. The Morgan fingerprint density at radius 3 is 2.85 bits per heavy atom. The fourth-order valence-corrected chi connectivity index (χ4v) is 2.81. The van der Waals surface area contributed by atoms with Crippen LogP contribution in [0.3, 0.4) is 0 Å². The van der Waals surface area contributed by atoms with Crippen LogP contribution in [0.15, 0.2) is 30.3 Å². The van der Waals surface area contributed by atoms with Crippen LogP contribution in [0.2, 0.25) is 0 Å². The molecule has 2 atom stereocenters. The minimum atomic E-state index is 0.576. The van der Waals surface area contributed by atoms with Crippen LogP contribution in [-0.2, 0) is 5.41 Å². The van der Waals surface area contributed by atoms with Gasteiger partial charge in [0.2, 0.25) is 0 Å². The first kappa shape index (κ1) is 7.57. The summed E-state index contributed by atoms with van der Waals surface area (Å²) >= 11 is 0. The second-order valence-electron chi connectivity index (χ2n) is 4.38. The summed E-state index contributed by atoms with van der Waals surface area (Å²) in [6.07, 6.45) is 2.74. The largest absolute Gasteiger partial charge is 0.316 e. The van der Waals surface area contributed by atoms with Gasteiger partial charge in [0.05, 0.1) is 0 Å². The molecule has 0 aromatic heterocycles. The molecular formula is C12H15N. The molecule has 1 aliphatic carbocycles. The van der Waals surface area contributed by atoms with Gasteiger partial charge in [-0.05, 0) is 37.4 Å². The summed E-state index contributed by atoms with van der Waals surface area (Å²) in [4.78, 5) is 0. The van der Waals surface area contributed by atoms with E-state index < -0.39 is 0 Å². The van der Waals surface area contributed by atoms with Crippen molar-refractivity contribution in [2.24, 2.45) is 5.92 Å². The van der Waals surface area contributed by atoms with E-state index >= 15 is 0 Å². The molecule has 13 heavy (non-hydrogen) atoms. The second kappa shape index (κ2) is 2.58. The normalized spacial score (nSPS) is 36.8. The minimum absolute atomic E-state index is 0.576. The Morgan fingerprint density at radius 2 is 2.08 bits per heavy atom. The van der Waals surface area contributed by atoms with Crippen molar-refractivity contribution < 1.29 is 0 Å². The third-order valence-corrected chi connectivity index (χ3v) is 3.72. The van der Waals surface area contributed by atoms with Crippen LogP contribution in [0.4, 0.5) is 0 Å². The quantitative estimate of drug-likeness (QED) is 0.684. The second-order valence-corrected chi connectivity index (χ2v) is 4.38. The summed E-state index contributed by atoms with van der Waals surface area (Å²) in [7, 11) is 0. The lowest BCUT2D eigenvalue weighted by Gasteiger charge is -2.23. The highest BCUT2D eigenvalue weighted by molar-refractivity contribution is 5.34. The molecule has 0 spiro atoms. The molecule has 3 rings (SSSR count). The number of piperidine rings is 1. The van der Waals surface area contributed by atoms with E-state index in [4.69, 9.17) is 0 Å². The van der Waals surface area contributed by atoms with Gasteiger partial charge in [-0.1, -0.05) is 30.3 Å². The van der Waals surface area contributed by atoms with E-state index in [1.807, 2.05) is 0 Å². The van der Waals surface area contributed by atoms with Gasteiger partial charge in [0.25, 0.3) is 0 Å².